The highest BCUT2D eigenvalue weighted by molar-refractivity contribution is 7.17. The first-order valence-corrected chi connectivity index (χ1v) is 5.13. The van der Waals surface area contributed by atoms with Gasteiger partial charge in [-0.05, 0) is 30.3 Å². The zero-order chi connectivity index (χ0) is 10.8. The van der Waals surface area contributed by atoms with Crippen LogP contribution < -0.4 is 5.73 Å². The molecule has 2 aromatic rings. The number of nitrogen functional groups attached to an aromatic ring is 1. The zero-order valence-electron chi connectivity index (χ0n) is 7.74. The molecule has 2 nitrogen and oxygen atoms in total. The minimum absolute atomic E-state index is 0.366. The number of thiophene rings is 1. The van der Waals surface area contributed by atoms with Crippen molar-refractivity contribution in [1.82, 2.24) is 0 Å². The summed E-state index contributed by atoms with van der Waals surface area (Å²) in [4.78, 5) is 11.8. The van der Waals surface area contributed by atoms with Gasteiger partial charge in [0, 0.05) is 16.1 Å². The van der Waals surface area contributed by atoms with E-state index < -0.39 is 0 Å². The molecular formula is C11H8FNOS. The Labute approximate surface area is 90.2 Å². The van der Waals surface area contributed by atoms with Crippen LogP contribution in [0.4, 0.5) is 10.1 Å². The van der Waals surface area contributed by atoms with Gasteiger partial charge in [0.05, 0.1) is 4.88 Å². The number of hydrogen-bond acceptors (Lipinski definition) is 3. The average Bonchev–Trinajstić information content (AvgIpc) is 2.66. The second-order valence-corrected chi connectivity index (χ2v) is 4.17. The van der Waals surface area contributed by atoms with E-state index in [0.717, 1.165) is 11.2 Å². The van der Waals surface area contributed by atoms with Gasteiger partial charge in [-0.25, -0.2) is 4.39 Å². The summed E-state index contributed by atoms with van der Waals surface area (Å²) >= 11 is 1.26. The molecule has 0 unspecified atom stereocenters. The Morgan fingerprint density at radius 1 is 1.27 bits per heavy atom. The number of hydrogen-bond donors (Lipinski definition) is 1. The van der Waals surface area contributed by atoms with E-state index in [-0.39, 0.29) is 5.82 Å². The lowest BCUT2D eigenvalue weighted by Gasteiger charge is -2.00. The van der Waals surface area contributed by atoms with Gasteiger partial charge in [0.2, 0.25) is 0 Å². The lowest BCUT2D eigenvalue weighted by molar-refractivity contribution is 0.112. The molecule has 76 valence electrons. The number of halogens is 1. The van der Waals surface area contributed by atoms with Crippen LogP contribution in [0.25, 0.3) is 10.4 Å². The van der Waals surface area contributed by atoms with E-state index in [1.54, 1.807) is 24.3 Å². The van der Waals surface area contributed by atoms with Gasteiger partial charge in [0.1, 0.15) is 5.82 Å². The van der Waals surface area contributed by atoms with Crippen molar-refractivity contribution in [3.8, 4) is 10.4 Å². The van der Waals surface area contributed by atoms with Crippen molar-refractivity contribution >= 4 is 23.3 Å². The summed E-state index contributed by atoms with van der Waals surface area (Å²) in [5.74, 6) is -0.366. The normalized spacial score (nSPS) is 10.2. The monoisotopic (exact) mass is 221 g/mol. The number of anilines is 1. The van der Waals surface area contributed by atoms with E-state index >= 15 is 0 Å². The number of rotatable bonds is 2. The number of nitrogens with two attached hydrogens (primary N) is 1. The zero-order valence-corrected chi connectivity index (χ0v) is 8.55. The lowest BCUT2D eigenvalue weighted by Crippen LogP contribution is -1.87. The Morgan fingerprint density at radius 3 is 2.67 bits per heavy atom. The molecule has 2 N–H and O–H groups in total. The minimum atomic E-state index is -0.366. The maximum atomic E-state index is 13.5. The van der Waals surface area contributed by atoms with Crippen LogP contribution in [0.15, 0.2) is 30.3 Å². The Bertz CT molecular complexity index is 507. The van der Waals surface area contributed by atoms with E-state index in [1.165, 1.54) is 17.4 Å². The third-order valence-electron chi connectivity index (χ3n) is 2.00. The number of aldehydes is 1. The third-order valence-corrected chi connectivity index (χ3v) is 3.05. The van der Waals surface area contributed by atoms with Gasteiger partial charge in [-0.15, -0.1) is 11.3 Å². The van der Waals surface area contributed by atoms with E-state index in [2.05, 4.69) is 0 Å². The fourth-order valence-electron chi connectivity index (χ4n) is 1.29. The summed E-state index contributed by atoms with van der Waals surface area (Å²) in [6, 6.07) is 7.92. The minimum Gasteiger partial charge on any atom is -0.399 e. The highest BCUT2D eigenvalue weighted by Crippen LogP contribution is 2.30. The topological polar surface area (TPSA) is 43.1 Å². The van der Waals surface area contributed by atoms with Gasteiger partial charge in [0.25, 0.3) is 0 Å². The molecule has 0 radical (unpaired) electrons. The number of benzene rings is 1. The first-order valence-electron chi connectivity index (χ1n) is 4.31. The third kappa shape index (κ3) is 1.89. The van der Waals surface area contributed by atoms with Crippen LogP contribution >= 0.6 is 11.3 Å². The first-order chi connectivity index (χ1) is 7.20. The maximum Gasteiger partial charge on any atom is 0.160 e. The fourth-order valence-corrected chi connectivity index (χ4v) is 2.14. The lowest BCUT2D eigenvalue weighted by atomic mass is 10.1. The van der Waals surface area contributed by atoms with Crippen LogP contribution in [-0.4, -0.2) is 6.29 Å². The maximum absolute atomic E-state index is 13.5. The van der Waals surface area contributed by atoms with Gasteiger partial charge >= 0.3 is 0 Å². The number of carbonyl (C=O) groups excluding carboxylic acids is 1. The molecule has 0 aliphatic heterocycles. The Morgan fingerprint density at radius 2 is 2.07 bits per heavy atom. The number of carbonyl (C=O) groups is 1. The summed E-state index contributed by atoms with van der Waals surface area (Å²) in [7, 11) is 0. The fraction of sp³-hybridized carbons (Fsp3) is 0. The van der Waals surface area contributed by atoms with Crippen molar-refractivity contribution in [1.29, 1.82) is 0 Å². The Balaban J connectivity index is 2.49. The van der Waals surface area contributed by atoms with Gasteiger partial charge in [-0.3, -0.25) is 4.79 Å². The van der Waals surface area contributed by atoms with E-state index in [4.69, 9.17) is 5.73 Å². The molecule has 15 heavy (non-hydrogen) atoms. The molecule has 1 heterocycles. The predicted molar refractivity (Wildman–Crippen MR) is 59.5 cm³/mol. The van der Waals surface area contributed by atoms with E-state index in [0.29, 0.717) is 16.1 Å². The summed E-state index contributed by atoms with van der Waals surface area (Å²) in [5, 5.41) is 0. The summed E-state index contributed by atoms with van der Waals surface area (Å²) < 4.78 is 13.5. The smallest absolute Gasteiger partial charge is 0.160 e. The molecule has 0 atom stereocenters. The first kappa shape index (κ1) is 9.86. The van der Waals surface area contributed by atoms with E-state index in [9.17, 15) is 9.18 Å². The van der Waals surface area contributed by atoms with Gasteiger partial charge in [-0.2, -0.15) is 0 Å². The van der Waals surface area contributed by atoms with Gasteiger partial charge in [-0.1, -0.05) is 0 Å². The largest absolute Gasteiger partial charge is 0.399 e. The van der Waals surface area contributed by atoms with Crippen molar-refractivity contribution in [2.75, 3.05) is 5.73 Å². The van der Waals surface area contributed by atoms with Crippen molar-refractivity contribution in [2.45, 2.75) is 0 Å². The average molecular weight is 221 g/mol. The predicted octanol–water partition coefficient (Wildman–Crippen LogP) is 2.95. The molecule has 1 aromatic heterocycles. The highest BCUT2D eigenvalue weighted by Gasteiger charge is 2.07. The standard InChI is InChI=1S/C11H8FNOS/c12-10-5-7(13)1-3-9(10)11-4-2-8(6-14)15-11/h1-6H,13H2. The van der Waals surface area contributed by atoms with Crippen LogP contribution in [0.1, 0.15) is 9.67 Å². The molecule has 0 saturated heterocycles. The highest BCUT2D eigenvalue weighted by atomic mass is 32.1. The van der Waals surface area contributed by atoms with E-state index in [1.807, 2.05) is 0 Å². The quantitative estimate of drug-likeness (QED) is 0.625. The Kier molecular flexibility index (Phi) is 2.51. The molecule has 0 saturated carbocycles. The molecular weight excluding hydrogens is 213 g/mol. The molecule has 0 fully saturated rings. The SMILES string of the molecule is Nc1ccc(-c2ccc(C=O)s2)c(F)c1. The molecule has 1 aromatic carbocycles. The molecule has 0 aliphatic carbocycles. The second kappa shape index (κ2) is 3.82. The van der Waals surface area contributed by atoms with Crippen LogP contribution in [0.3, 0.4) is 0 Å². The molecule has 0 amide bonds. The van der Waals surface area contributed by atoms with Gasteiger partial charge in [0.15, 0.2) is 6.29 Å². The van der Waals surface area contributed by atoms with Crippen molar-refractivity contribution in [2.24, 2.45) is 0 Å². The summed E-state index contributed by atoms with van der Waals surface area (Å²) in [6.45, 7) is 0. The molecule has 0 aliphatic rings. The molecule has 0 bridgehead atoms. The summed E-state index contributed by atoms with van der Waals surface area (Å²) in [6.07, 6.45) is 0.753. The second-order valence-electron chi connectivity index (χ2n) is 3.06. The molecule has 2 rings (SSSR count). The van der Waals surface area contributed by atoms with Crippen LogP contribution in [0.5, 0.6) is 0 Å². The van der Waals surface area contributed by atoms with Crippen LogP contribution in [-0.2, 0) is 0 Å². The van der Waals surface area contributed by atoms with Gasteiger partial charge < -0.3 is 5.73 Å². The van der Waals surface area contributed by atoms with Crippen molar-refractivity contribution < 1.29 is 9.18 Å². The van der Waals surface area contributed by atoms with Crippen molar-refractivity contribution in [3.63, 3.8) is 0 Å². The molecule has 0 spiro atoms. The van der Waals surface area contributed by atoms with Crippen molar-refractivity contribution in [3.05, 3.63) is 41.0 Å². The Hall–Kier alpha value is -1.68. The summed E-state index contributed by atoms with van der Waals surface area (Å²) in [5.41, 5.74) is 6.31. The molecule has 4 heteroatoms. The van der Waals surface area contributed by atoms with Crippen LogP contribution in [0.2, 0.25) is 0 Å². The van der Waals surface area contributed by atoms with Crippen LogP contribution in [0, 0.1) is 5.82 Å².